The van der Waals surface area contributed by atoms with E-state index in [4.69, 9.17) is 21.8 Å². The number of carbonyl (C=O) groups is 2. The predicted octanol–water partition coefficient (Wildman–Crippen LogP) is 3.22. The molecule has 2 amide bonds. The highest BCUT2D eigenvalue weighted by atomic mass is 35.5. The molecule has 0 aliphatic rings. The van der Waals surface area contributed by atoms with Gasteiger partial charge in [0.2, 0.25) is 11.8 Å². The Morgan fingerprint density at radius 3 is 2.73 bits per heavy atom. The SMILES string of the molecule is NC(=O)c1ccccc1NC(=O)CSc1nnc(-c2cccc(Cl)c2)o1. The molecule has 0 aliphatic heterocycles. The highest BCUT2D eigenvalue weighted by Gasteiger charge is 2.13. The second-order valence-electron chi connectivity index (χ2n) is 5.13. The van der Waals surface area contributed by atoms with E-state index in [2.05, 4.69) is 15.5 Å². The van der Waals surface area contributed by atoms with E-state index >= 15 is 0 Å². The number of para-hydroxylation sites is 1. The summed E-state index contributed by atoms with van der Waals surface area (Å²) in [6.07, 6.45) is 0. The predicted molar refractivity (Wildman–Crippen MR) is 99.1 cm³/mol. The minimum atomic E-state index is -0.614. The van der Waals surface area contributed by atoms with Crippen molar-refractivity contribution in [2.75, 3.05) is 11.1 Å². The lowest BCUT2D eigenvalue weighted by molar-refractivity contribution is -0.113. The topological polar surface area (TPSA) is 111 Å². The summed E-state index contributed by atoms with van der Waals surface area (Å²) in [5.41, 5.74) is 6.58. The number of anilines is 1. The Hall–Kier alpha value is -2.84. The molecule has 0 saturated heterocycles. The lowest BCUT2D eigenvalue weighted by Gasteiger charge is -2.07. The van der Waals surface area contributed by atoms with Crippen LogP contribution < -0.4 is 11.1 Å². The van der Waals surface area contributed by atoms with Crippen molar-refractivity contribution in [2.45, 2.75) is 5.22 Å². The number of halogens is 1. The Bertz CT molecular complexity index is 960. The van der Waals surface area contributed by atoms with Gasteiger partial charge in [0.25, 0.3) is 11.1 Å². The highest BCUT2D eigenvalue weighted by Crippen LogP contribution is 2.25. The van der Waals surface area contributed by atoms with Gasteiger partial charge in [-0.2, -0.15) is 0 Å². The fourth-order valence-electron chi connectivity index (χ4n) is 2.13. The summed E-state index contributed by atoms with van der Waals surface area (Å²) in [5, 5.41) is 11.3. The molecule has 3 rings (SSSR count). The average Bonchev–Trinajstić information content (AvgIpc) is 3.09. The summed E-state index contributed by atoms with van der Waals surface area (Å²) < 4.78 is 5.52. The number of thioether (sulfide) groups is 1. The van der Waals surface area contributed by atoms with Crippen LogP contribution in [0.15, 0.2) is 58.2 Å². The molecular formula is C17H13ClN4O3S. The van der Waals surface area contributed by atoms with Gasteiger partial charge in [-0.15, -0.1) is 10.2 Å². The molecule has 2 aromatic carbocycles. The summed E-state index contributed by atoms with van der Waals surface area (Å²) >= 11 is 7.02. The van der Waals surface area contributed by atoms with Crippen LogP contribution in [0, 0.1) is 0 Å². The van der Waals surface area contributed by atoms with Crippen LogP contribution in [-0.2, 0) is 4.79 Å². The van der Waals surface area contributed by atoms with E-state index in [1.807, 2.05) is 0 Å². The van der Waals surface area contributed by atoms with E-state index in [-0.39, 0.29) is 22.4 Å². The Morgan fingerprint density at radius 2 is 1.96 bits per heavy atom. The number of primary amides is 1. The Kier molecular flexibility index (Phi) is 5.55. The third-order valence-corrected chi connectivity index (χ3v) is 4.32. The second kappa shape index (κ2) is 8.03. The summed E-state index contributed by atoms with van der Waals surface area (Å²) in [4.78, 5) is 23.5. The molecule has 26 heavy (non-hydrogen) atoms. The maximum Gasteiger partial charge on any atom is 0.277 e. The molecule has 0 bridgehead atoms. The number of benzene rings is 2. The van der Waals surface area contributed by atoms with E-state index in [1.165, 1.54) is 0 Å². The third kappa shape index (κ3) is 4.41. The van der Waals surface area contributed by atoms with Crippen molar-refractivity contribution in [3.8, 4) is 11.5 Å². The zero-order valence-electron chi connectivity index (χ0n) is 13.3. The average molecular weight is 389 g/mol. The normalized spacial score (nSPS) is 10.5. The van der Waals surface area contributed by atoms with Gasteiger partial charge in [-0.1, -0.05) is 41.6 Å². The van der Waals surface area contributed by atoms with Gasteiger partial charge in [0, 0.05) is 10.6 Å². The smallest absolute Gasteiger partial charge is 0.277 e. The molecule has 7 nitrogen and oxygen atoms in total. The molecule has 0 fully saturated rings. The minimum Gasteiger partial charge on any atom is -0.411 e. The van der Waals surface area contributed by atoms with E-state index < -0.39 is 5.91 Å². The number of rotatable bonds is 6. The first-order valence-electron chi connectivity index (χ1n) is 7.44. The molecule has 0 spiro atoms. The number of carbonyl (C=O) groups excluding carboxylic acids is 2. The standard InChI is InChI=1S/C17H13ClN4O3S/c18-11-5-3-4-10(8-11)16-21-22-17(25-16)26-9-14(23)20-13-7-2-1-6-12(13)15(19)24/h1-8H,9H2,(H2,19,24)(H,20,23). The van der Waals surface area contributed by atoms with Crippen molar-refractivity contribution in [3.05, 3.63) is 59.1 Å². The number of nitrogens with one attached hydrogen (secondary N) is 1. The summed E-state index contributed by atoms with van der Waals surface area (Å²) in [5.74, 6) is -0.595. The monoisotopic (exact) mass is 388 g/mol. The minimum absolute atomic E-state index is 0.0320. The van der Waals surface area contributed by atoms with Gasteiger partial charge >= 0.3 is 0 Å². The Morgan fingerprint density at radius 1 is 1.15 bits per heavy atom. The molecule has 3 N–H and O–H groups in total. The third-order valence-electron chi connectivity index (χ3n) is 3.27. The number of hydrogen-bond donors (Lipinski definition) is 2. The molecular weight excluding hydrogens is 376 g/mol. The first kappa shape index (κ1) is 18.0. The zero-order valence-corrected chi connectivity index (χ0v) is 14.9. The molecule has 1 aromatic heterocycles. The molecule has 0 unspecified atom stereocenters. The molecule has 9 heteroatoms. The van der Waals surface area contributed by atoms with Crippen molar-refractivity contribution in [1.29, 1.82) is 0 Å². The van der Waals surface area contributed by atoms with Crippen LogP contribution in [0.25, 0.3) is 11.5 Å². The summed E-state index contributed by atoms with van der Waals surface area (Å²) in [6, 6.07) is 13.5. The molecule has 0 saturated carbocycles. The lowest BCUT2D eigenvalue weighted by Crippen LogP contribution is -2.19. The van der Waals surface area contributed by atoms with E-state index in [0.29, 0.717) is 22.2 Å². The van der Waals surface area contributed by atoms with Crippen LogP contribution in [0.5, 0.6) is 0 Å². The van der Waals surface area contributed by atoms with Gasteiger partial charge < -0.3 is 15.5 Å². The van der Waals surface area contributed by atoms with Crippen LogP contribution in [0.3, 0.4) is 0 Å². The van der Waals surface area contributed by atoms with Gasteiger partial charge in [0.1, 0.15) is 0 Å². The molecule has 3 aromatic rings. The number of nitrogens with two attached hydrogens (primary N) is 1. The Balaban J connectivity index is 1.61. The molecule has 0 aliphatic carbocycles. The quantitative estimate of drug-likeness (QED) is 0.627. The zero-order chi connectivity index (χ0) is 18.5. The van der Waals surface area contributed by atoms with E-state index in [0.717, 1.165) is 11.8 Å². The number of nitrogens with zero attached hydrogens (tertiary/aromatic N) is 2. The van der Waals surface area contributed by atoms with Crippen molar-refractivity contribution < 1.29 is 14.0 Å². The highest BCUT2D eigenvalue weighted by molar-refractivity contribution is 7.99. The largest absolute Gasteiger partial charge is 0.411 e. The van der Waals surface area contributed by atoms with Crippen molar-refractivity contribution in [2.24, 2.45) is 5.73 Å². The van der Waals surface area contributed by atoms with Crippen LogP contribution in [-0.4, -0.2) is 27.8 Å². The number of hydrogen-bond acceptors (Lipinski definition) is 6. The van der Waals surface area contributed by atoms with Gasteiger partial charge in [-0.3, -0.25) is 9.59 Å². The van der Waals surface area contributed by atoms with Crippen LogP contribution in [0.2, 0.25) is 5.02 Å². The first-order chi connectivity index (χ1) is 12.5. The fraction of sp³-hybridized carbons (Fsp3) is 0.0588. The number of aromatic nitrogens is 2. The van der Waals surface area contributed by atoms with E-state index in [9.17, 15) is 9.59 Å². The van der Waals surface area contributed by atoms with Gasteiger partial charge in [-0.05, 0) is 30.3 Å². The van der Waals surface area contributed by atoms with Gasteiger partial charge in [-0.25, -0.2) is 0 Å². The lowest BCUT2D eigenvalue weighted by atomic mass is 10.1. The van der Waals surface area contributed by atoms with Crippen LogP contribution in [0.4, 0.5) is 5.69 Å². The summed E-state index contributed by atoms with van der Waals surface area (Å²) in [7, 11) is 0. The van der Waals surface area contributed by atoms with E-state index in [1.54, 1.807) is 48.5 Å². The van der Waals surface area contributed by atoms with Gasteiger partial charge in [0.15, 0.2) is 0 Å². The maximum absolute atomic E-state index is 12.1. The molecule has 132 valence electrons. The van der Waals surface area contributed by atoms with Crippen molar-refractivity contribution in [3.63, 3.8) is 0 Å². The number of amides is 2. The molecule has 1 heterocycles. The van der Waals surface area contributed by atoms with Crippen molar-refractivity contribution in [1.82, 2.24) is 10.2 Å². The molecule has 0 atom stereocenters. The fourth-order valence-corrected chi connectivity index (χ4v) is 2.88. The van der Waals surface area contributed by atoms with Crippen LogP contribution >= 0.6 is 23.4 Å². The van der Waals surface area contributed by atoms with Crippen molar-refractivity contribution >= 4 is 40.9 Å². The first-order valence-corrected chi connectivity index (χ1v) is 8.80. The Labute approximate surface area is 157 Å². The second-order valence-corrected chi connectivity index (χ2v) is 6.49. The molecule has 0 radical (unpaired) electrons. The summed E-state index contributed by atoms with van der Waals surface area (Å²) in [6.45, 7) is 0. The maximum atomic E-state index is 12.1. The van der Waals surface area contributed by atoms with Crippen LogP contribution in [0.1, 0.15) is 10.4 Å². The van der Waals surface area contributed by atoms with Gasteiger partial charge in [0.05, 0.1) is 17.0 Å².